The quantitative estimate of drug-likeness (QED) is 0.843. The van der Waals surface area contributed by atoms with E-state index in [9.17, 15) is 9.59 Å². The predicted molar refractivity (Wildman–Crippen MR) is 104 cm³/mol. The number of thiophene rings is 1. The number of carbonyl (C=O) groups excluding carboxylic acids is 2. The molecule has 3 rings (SSSR count). The molecular formula is C19H26N4O2S. The number of hydrogen-bond donors (Lipinski definition) is 1. The van der Waals surface area contributed by atoms with Crippen LogP contribution in [-0.4, -0.2) is 64.9 Å². The van der Waals surface area contributed by atoms with Crippen LogP contribution in [0, 0.1) is 0 Å². The Morgan fingerprint density at radius 2 is 1.88 bits per heavy atom. The molecule has 2 amide bonds. The molecule has 0 radical (unpaired) electrons. The Labute approximate surface area is 158 Å². The molecular weight excluding hydrogens is 348 g/mol. The fraction of sp³-hybridized carbons (Fsp3) is 0.474. The van der Waals surface area contributed by atoms with Crippen molar-refractivity contribution in [2.24, 2.45) is 0 Å². The SMILES string of the molecule is CC[C@@H](C)NC(=O)CN1CCN(C(=O)c2sccc2-n2cccc2)CC1. The summed E-state index contributed by atoms with van der Waals surface area (Å²) < 4.78 is 1.97. The topological polar surface area (TPSA) is 57.6 Å². The van der Waals surface area contributed by atoms with Crippen molar-refractivity contribution in [3.63, 3.8) is 0 Å². The molecule has 0 aliphatic carbocycles. The normalized spacial score (nSPS) is 16.5. The molecule has 1 N–H and O–H groups in total. The Morgan fingerprint density at radius 1 is 1.19 bits per heavy atom. The van der Waals surface area contributed by atoms with Crippen LogP contribution in [0.4, 0.5) is 0 Å². The van der Waals surface area contributed by atoms with E-state index in [-0.39, 0.29) is 17.9 Å². The summed E-state index contributed by atoms with van der Waals surface area (Å²) in [5.41, 5.74) is 0.931. The Morgan fingerprint density at radius 3 is 2.54 bits per heavy atom. The fourth-order valence-electron chi connectivity index (χ4n) is 3.04. The van der Waals surface area contributed by atoms with Gasteiger partial charge in [0.05, 0.1) is 12.2 Å². The first-order valence-corrected chi connectivity index (χ1v) is 9.98. The van der Waals surface area contributed by atoms with E-state index in [2.05, 4.69) is 17.1 Å². The summed E-state index contributed by atoms with van der Waals surface area (Å²) in [6.45, 7) is 7.23. The molecule has 26 heavy (non-hydrogen) atoms. The number of nitrogens with zero attached hydrogens (tertiary/aromatic N) is 3. The highest BCUT2D eigenvalue weighted by molar-refractivity contribution is 7.12. The predicted octanol–water partition coefficient (Wildman–Crippen LogP) is 2.21. The van der Waals surface area contributed by atoms with Gasteiger partial charge in [-0.15, -0.1) is 11.3 Å². The first kappa shape index (κ1) is 18.7. The van der Waals surface area contributed by atoms with Crippen LogP contribution in [0.3, 0.4) is 0 Å². The van der Waals surface area contributed by atoms with Crippen molar-refractivity contribution in [2.75, 3.05) is 32.7 Å². The third-order valence-corrected chi connectivity index (χ3v) is 5.66. The Kier molecular flexibility index (Phi) is 6.11. The molecule has 0 saturated carbocycles. The molecule has 0 spiro atoms. The molecule has 2 aromatic rings. The lowest BCUT2D eigenvalue weighted by molar-refractivity contribution is -0.123. The molecule has 7 heteroatoms. The van der Waals surface area contributed by atoms with Gasteiger partial charge in [-0.05, 0) is 36.9 Å². The number of carbonyl (C=O) groups is 2. The highest BCUT2D eigenvalue weighted by Crippen LogP contribution is 2.23. The number of piperazine rings is 1. The smallest absolute Gasteiger partial charge is 0.266 e. The van der Waals surface area contributed by atoms with Crippen LogP contribution in [0.15, 0.2) is 36.0 Å². The lowest BCUT2D eigenvalue weighted by atomic mass is 10.2. The highest BCUT2D eigenvalue weighted by atomic mass is 32.1. The Bertz CT molecular complexity index is 733. The van der Waals surface area contributed by atoms with Gasteiger partial charge in [-0.2, -0.15) is 0 Å². The third-order valence-electron chi connectivity index (χ3n) is 4.77. The maximum Gasteiger partial charge on any atom is 0.266 e. The van der Waals surface area contributed by atoms with E-state index >= 15 is 0 Å². The minimum absolute atomic E-state index is 0.0623. The molecule has 0 bridgehead atoms. The highest BCUT2D eigenvalue weighted by Gasteiger charge is 2.26. The van der Waals surface area contributed by atoms with Crippen LogP contribution in [0.25, 0.3) is 5.69 Å². The van der Waals surface area contributed by atoms with Gasteiger partial charge in [0.25, 0.3) is 5.91 Å². The Balaban J connectivity index is 1.55. The van der Waals surface area contributed by atoms with Gasteiger partial charge in [0.1, 0.15) is 4.88 Å². The summed E-state index contributed by atoms with van der Waals surface area (Å²) in [4.78, 5) is 29.7. The van der Waals surface area contributed by atoms with Crippen molar-refractivity contribution >= 4 is 23.2 Å². The third kappa shape index (κ3) is 4.34. The minimum Gasteiger partial charge on any atom is -0.353 e. The van der Waals surface area contributed by atoms with E-state index in [1.807, 2.05) is 52.4 Å². The van der Waals surface area contributed by atoms with Crippen LogP contribution in [-0.2, 0) is 4.79 Å². The zero-order chi connectivity index (χ0) is 18.5. The maximum atomic E-state index is 12.9. The fourth-order valence-corrected chi connectivity index (χ4v) is 3.90. The molecule has 6 nitrogen and oxygen atoms in total. The number of rotatable bonds is 6. The second-order valence-corrected chi connectivity index (χ2v) is 7.59. The van der Waals surface area contributed by atoms with Gasteiger partial charge in [0.15, 0.2) is 0 Å². The van der Waals surface area contributed by atoms with Crippen LogP contribution >= 0.6 is 11.3 Å². The molecule has 0 aromatic carbocycles. The summed E-state index contributed by atoms with van der Waals surface area (Å²) in [7, 11) is 0. The van der Waals surface area contributed by atoms with Gasteiger partial charge < -0.3 is 14.8 Å². The summed E-state index contributed by atoms with van der Waals surface area (Å²) in [6.07, 6.45) is 4.83. The lowest BCUT2D eigenvalue weighted by Gasteiger charge is -2.34. The van der Waals surface area contributed by atoms with Crippen molar-refractivity contribution in [1.29, 1.82) is 0 Å². The summed E-state index contributed by atoms with van der Waals surface area (Å²) in [6, 6.07) is 6.09. The molecule has 2 aromatic heterocycles. The number of nitrogens with one attached hydrogen (secondary N) is 1. The summed E-state index contributed by atoms with van der Waals surface area (Å²) >= 11 is 1.48. The first-order valence-electron chi connectivity index (χ1n) is 9.10. The van der Waals surface area contributed by atoms with Gasteiger partial charge in [-0.3, -0.25) is 14.5 Å². The van der Waals surface area contributed by atoms with Crippen LogP contribution in [0.2, 0.25) is 0 Å². The monoisotopic (exact) mass is 374 g/mol. The molecule has 1 atom stereocenters. The van der Waals surface area contributed by atoms with Crippen molar-refractivity contribution in [3.05, 3.63) is 40.8 Å². The van der Waals surface area contributed by atoms with Crippen molar-refractivity contribution < 1.29 is 9.59 Å². The molecule has 0 unspecified atom stereocenters. The van der Waals surface area contributed by atoms with E-state index in [0.29, 0.717) is 19.6 Å². The molecule has 1 saturated heterocycles. The Hall–Kier alpha value is -2.12. The van der Waals surface area contributed by atoms with Gasteiger partial charge in [0.2, 0.25) is 5.91 Å². The van der Waals surface area contributed by atoms with Crippen molar-refractivity contribution in [1.82, 2.24) is 19.7 Å². The molecule has 1 aliphatic rings. The average molecular weight is 375 g/mol. The van der Waals surface area contributed by atoms with Gasteiger partial charge in [-0.25, -0.2) is 0 Å². The summed E-state index contributed by atoms with van der Waals surface area (Å²) in [5.74, 6) is 0.139. The zero-order valence-electron chi connectivity index (χ0n) is 15.4. The lowest BCUT2D eigenvalue weighted by Crippen LogP contribution is -2.51. The standard InChI is InChI=1S/C19H26N4O2S/c1-3-15(2)20-17(24)14-21-9-11-23(12-10-21)19(25)18-16(6-13-26-18)22-7-4-5-8-22/h4-8,13,15H,3,9-12,14H2,1-2H3,(H,20,24)/t15-/m1/s1. The van der Waals surface area contributed by atoms with Crippen molar-refractivity contribution in [3.8, 4) is 5.69 Å². The van der Waals surface area contributed by atoms with Gasteiger partial charge in [-0.1, -0.05) is 6.92 Å². The van der Waals surface area contributed by atoms with E-state index in [1.165, 1.54) is 11.3 Å². The van der Waals surface area contributed by atoms with E-state index in [4.69, 9.17) is 0 Å². The van der Waals surface area contributed by atoms with E-state index in [1.54, 1.807) is 0 Å². The second kappa shape index (κ2) is 8.51. The number of aromatic nitrogens is 1. The largest absolute Gasteiger partial charge is 0.353 e. The van der Waals surface area contributed by atoms with Crippen LogP contribution in [0.1, 0.15) is 29.9 Å². The second-order valence-electron chi connectivity index (χ2n) is 6.67. The van der Waals surface area contributed by atoms with E-state index in [0.717, 1.165) is 30.1 Å². The van der Waals surface area contributed by atoms with Crippen LogP contribution < -0.4 is 5.32 Å². The van der Waals surface area contributed by atoms with E-state index < -0.39 is 0 Å². The number of amides is 2. The average Bonchev–Trinajstić information content (AvgIpc) is 3.32. The molecule has 1 aliphatic heterocycles. The van der Waals surface area contributed by atoms with Crippen molar-refractivity contribution in [2.45, 2.75) is 26.3 Å². The molecule has 1 fully saturated rings. The maximum absolute atomic E-state index is 12.9. The summed E-state index contributed by atoms with van der Waals surface area (Å²) in [5, 5.41) is 4.95. The first-order chi connectivity index (χ1) is 12.6. The van der Waals surface area contributed by atoms with Gasteiger partial charge >= 0.3 is 0 Å². The molecule has 140 valence electrons. The molecule has 3 heterocycles. The number of hydrogen-bond acceptors (Lipinski definition) is 4. The van der Waals surface area contributed by atoms with Gasteiger partial charge in [0, 0.05) is 44.6 Å². The minimum atomic E-state index is 0.0623. The van der Waals surface area contributed by atoms with Crippen LogP contribution in [0.5, 0.6) is 0 Å². The zero-order valence-corrected chi connectivity index (χ0v) is 16.2.